The summed E-state index contributed by atoms with van der Waals surface area (Å²) in [6.07, 6.45) is 38.2. The minimum Gasteiger partial charge on any atom is -0.478 e. The third-order valence-corrected chi connectivity index (χ3v) is 10.4. The smallest absolute Gasteiger partial charge is 0.336 e. The largest absolute Gasteiger partial charge is 0.478 e. The summed E-state index contributed by atoms with van der Waals surface area (Å²) in [4.78, 5) is 12.9. The van der Waals surface area contributed by atoms with Gasteiger partial charge in [-0.3, -0.25) is 0 Å². The number of fused-ring (bicyclic) bond motifs is 1. The van der Waals surface area contributed by atoms with Crippen molar-refractivity contribution in [2.45, 2.75) is 187 Å². The highest BCUT2D eigenvalue weighted by Crippen LogP contribution is 2.34. The molecule has 3 heteroatoms. The second-order valence-corrected chi connectivity index (χ2v) is 13.9. The van der Waals surface area contributed by atoms with Crippen LogP contribution in [-0.2, 0) is 6.42 Å². The van der Waals surface area contributed by atoms with Crippen LogP contribution in [0.3, 0.4) is 0 Å². The van der Waals surface area contributed by atoms with Gasteiger partial charge in [-0.15, -0.1) is 11.3 Å². The summed E-state index contributed by atoms with van der Waals surface area (Å²) in [7, 11) is 0. The van der Waals surface area contributed by atoms with Gasteiger partial charge < -0.3 is 5.11 Å². The van der Waals surface area contributed by atoms with Crippen molar-refractivity contribution >= 4 is 27.4 Å². The monoisotopic (exact) mass is 584 g/mol. The molecule has 2 rings (SSSR count). The number of carboxylic acids is 1. The average molecular weight is 585 g/mol. The van der Waals surface area contributed by atoms with E-state index < -0.39 is 5.97 Å². The Kier molecular flexibility index (Phi) is 21.1. The van der Waals surface area contributed by atoms with Gasteiger partial charge in [0.15, 0.2) is 0 Å². The Hall–Kier alpha value is -1.35. The van der Waals surface area contributed by atoms with Gasteiger partial charge in [0.2, 0.25) is 0 Å². The molecule has 0 saturated carbocycles. The van der Waals surface area contributed by atoms with E-state index in [1.54, 1.807) is 17.4 Å². The molecule has 41 heavy (non-hydrogen) atoms. The molecule has 0 bridgehead atoms. The van der Waals surface area contributed by atoms with E-state index in [-0.39, 0.29) is 0 Å². The lowest BCUT2D eigenvalue weighted by Crippen LogP contribution is -1.97. The summed E-state index contributed by atoms with van der Waals surface area (Å²) in [5, 5.41) is 10.5. The number of hydrogen-bond acceptors (Lipinski definition) is 2. The van der Waals surface area contributed by atoms with Crippen molar-refractivity contribution in [1.82, 2.24) is 0 Å². The molecule has 0 atom stereocenters. The van der Waals surface area contributed by atoms with E-state index in [0.29, 0.717) is 5.56 Å². The second kappa shape index (κ2) is 24.1. The number of unbranched alkanes of at least 4 members (excludes halogenated alkanes) is 25. The van der Waals surface area contributed by atoms with Crippen LogP contribution in [-0.4, -0.2) is 11.1 Å². The van der Waals surface area contributed by atoms with Gasteiger partial charge in [-0.05, 0) is 37.5 Å². The van der Waals surface area contributed by atoms with E-state index in [1.807, 2.05) is 6.07 Å². The topological polar surface area (TPSA) is 37.3 Å². The third kappa shape index (κ3) is 16.2. The van der Waals surface area contributed by atoms with Crippen molar-refractivity contribution in [2.75, 3.05) is 0 Å². The standard InChI is InChI=1S/C38H64O2S/c1-3-4-5-6-7-8-9-10-11-12-13-14-15-16-17-18-19-20-21-22-23-24-25-26-27-28-31-35-33(2)37-34(38(39)40)30-29-32-36(37)41-35/h29-30,32H,3-28,31H2,1-2H3,(H,39,40). The summed E-state index contributed by atoms with van der Waals surface area (Å²) >= 11 is 1.79. The Labute approximate surface area is 258 Å². The summed E-state index contributed by atoms with van der Waals surface area (Å²) < 4.78 is 1.12. The van der Waals surface area contributed by atoms with E-state index in [9.17, 15) is 9.90 Å². The van der Waals surface area contributed by atoms with Crippen molar-refractivity contribution in [3.63, 3.8) is 0 Å². The molecule has 0 saturated heterocycles. The van der Waals surface area contributed by atoms with Crippen molar-refractivity contribution in [2.24, 2.45) is 0 Å². The number of aromatic carboxylic acids is 1. The maximum Gasteiger partial charge on any atom is 0.336 e. The van der Waals surface area contributed by atoms with Gasteiger partial charge in [0, 0.05) is 15.0 Å². The predicted molar refractivity (Wildman–Crippen MR) is 183 cm³/mol. The van der Waals surface area contributed by atoms with Crippen LogP contribution in [0.15, 0.2) is 18.2 Å². The molecular weight excluding hydrogens is 520 g/mol. The van der Waals surface area contributed by atoms with Crippen molar-refractivity contribution in [1.29, 1.82) is 0 Å². The minimum absolute atomic E-state index is 0.451. The Morgan fingerprint density at radius 2 is 0.951 bits per heavy atom. The maximum atomic E-state index is 11.6. The fourth-order valence-corrected chi connectivity index (χ4v) is 7.65. The Balaban J connectivity index is 1.29. The lowest BCUT2D eigenvalue weighted by Gasteiger charge is -2.04. The minimum atomic E-state index is -0.816. The highest BCUT2D eigenvalue weighted by Gasteiger charge is 2.15. The van der Waals surface area contributed by atoms with Crippen LogP contribution in [0.5, 0.6) is 0 Å². The Morgan fingerprint density at radius 1 is 0.585 bits per heavy atom. The number of hydrogen-bond donors (Lipinski definition) is 1. The molecule has 0 aliphatic carbocycles. The predicted octanol–water partition coefficient (Wildman–Crippen LogP) is 13.6. The molecular formula is C38H64O2S. The van der Waals surface area contributed by atoms with E-state index in [2.05, 4.69) is 19.9 Å². The number of carboxylic acid groups (broad SMARTS) is 1. The maximum absolute atomic E-state index is 11.6. The number of carbonyl (C=O) groups is 1. The molecule has 1 heterocycles. The lowest BCUT2D eigenvalue weighted by molar-refractivity contribution is 0.0699. The van der Waals surface area contributed by atoms with E-state index >= 15 is 0 Å². The van der Waals surface area contributed by atoms with Crippen LogP contribution >= 0.6 is 11.3 Å². The molecule has 0 fully saturated rings. The summed E-state index contributed by atoms with van der Waals surface area (Å²) in [6.45, 7) is 4.40. The second-order valence-electron chi connectivity index (χ2n) is 12.7. The van der Waals surface area contributed by atoms with Crippen molar-refractivity contribution in [3.8, 4) is 0 Å². The van der Waals surface area contributed by atoms with Crippen LogP contribution in [0, 0.1) is 6.92 Å². The molecule has 1 aromatic carbocycles. The van der Waals surface area contributed by atoms with Gasteiger partial charge in [-0.1, -0.05) is 174 Å². The number of rotatable bonds is 28. The van der Waals surface area contributed by atoms with E-state index in [4.69, 9.17) is 0 Å². The normalized spacial score (nSPS) is 11.6. The summed E-state index contributed by atoms with van der Waals surface area (Å²) in [5.41, 5.74) is 1.63. The SMILES string of the molecule is CCCCCCCCCCCCCCCCCCCCCCCCCCCCc1sc2cccc(C(=O)O)c2c1C. The first-order chi connectivity index (χ1) is 20.1. The third-order valence-electron chi connectivity index (χ3n) is 9.04. The van der Waals surface area contributed by atoms with Crippen LogP contribution in [0.25, 0.3) is 10.1 Å². The average Bonchev–Trinajstić information content (AvgIpc) is 3.30. The van der Waals surface area contributed by atoms with Crippen LogP contribution in [0.4, 0.5) is 0 Å². The van der Waals surface area contributed by atoms with Gasteiger partial charge in [0.05, 0.1) is 5.56 Å². The molecule has 0 spiro atoms. The zero-order valence-electron chi connectivity index (χ0n) is 27.1. The highest BCUT2D eigenvalue weighted by atomic mass is 32.1. The first kappa shape index (κ1) is 35.8. The van der Waals surface area contributed by atoms with Gasteiger partial charge in [-0.25, -0.2) is 4.79 Å². The molecule has 0 aliphatic heterocycles. The molecule has 234 valence electrons. The Morgan fingerprint density at radius 3 is 1.32 bits per heavy atom. The number of aryl methyl sites for hydroxylation is 2. The molecule has 0 radical (unpaired) electrons. The fraction of sp³-hybridized carbons (Fsp3) is 0.763. The molecule has 1 aromatic heterocycles. The van der Waals surface area contributed by atoms with Gasteiger partial charge in [0.25, 0.3) is 0 Å². The first-order valence-electron chi connectivity index (χ1n) is 17.9. The zero-order valence-corrected chi connectivity index (χ0v) is 27.9. The van der Waals surface area contributed by atoms with Crippen LogP contribution < -0.4 is 0 Å². The van der Waals surface area contributed by atoms with Gasteiger partial charge >= 0.3 is 5.97 Å². The van der Waals surface area contributed by atoms with Crippen molar-refractivity contribution in [3.05, 3.63) is 34.2 Å². The van der Waals surface area contributed by atoms with Crippen LogP contribution in [0.2, 0.25) is 0 Å². The zero-order chi connectivity index (χ0) is 29.4. The molecule has 1 N–H and O–H groups in total. The number of benzene rings is 1. The highest BCUT2D eigenvalue weighted by molar-refractivity contribution is 7.19. The summed E-state index contributed by atoms with van der Waals surface area (Å²) in [6, 6.07) is 5.66. The lowest BCUT2D eigenvalue weighted by atomic mass is 10.0. The molecule has 0 unspecified atom stereocenters. The Bertz CT molecular complexity index is 914. The van der Waals surface area contributed by atoms with Gasteiger partial charge in [-0.2, -0.15) is 0 Å². The van der Waals surface area contributed by atoms with Gasteiger partial charge in [0.1, 0.15) is 0 Å². The first-order valence-corrected chi connectivity index (χ1v) is 18.7. The number of thiophene rings is 1. The molecule has 2 nitrogen and oxygen atoms in total. The van der Waals surface area contributed by atoms with E-state index in [1.165, 1.54) is 177 Å². The fourth-order valence-electron chi connectivity index (χ4n) is 6.37. The molecule has 2 aromatic rings. The van der Waals surface area contributed by atoms with E-state index in [0.717, 1.165) is 16.5 Å². The quantitative estimate of drug-likeness (QED) is 0.101. The summed E-state index contributed by atoms with van der Waals surface area (Å²) in [5.74, 6) is -0.816. The van der Waals surface area contributed by atoms with Crippen LogP contribution in [0.1, 0.15) is 195 Å². The van der Waals surface area contributed by atoms with Crippen molar-refractivity contribution < 1.29 is 9.90 Å². The molecule has 0 aliphatic rings. The molecule has 0 amide bonds.